The van der Waals surface area contributed by atoms with E-state index in [1.165, 1.54) is 0 Å². The van der Waals surface area contributed by atoms with Crippen LogP contribution in [0.25, 0.3) is 0 Å². The Hall–Kier alpha value is -2.29. The Balaban J connectivity index is 1.21. The summed E-state index contributed by atoms with van der Waals surface area (Å²) in [5.74, 6) is -0.459. The molecule has 1 unspecified atom stereocenters. The van der Waals surface area contributed by atoms with E-state index in [1.807, 2.05) is 12.1 Å². The van der Waals surface area contributed by atoms with E-state index in [0.29, 0.717) is 37.3 Å². The molecule has 1 saturated carbocycles. The molecular weight excluding hydrogens is 396 g/mol. The molecule has 1 aromatic carbocycles. The Morgan fingerprint density at radius 3 is 2.55 bits per heavy atom. The van der Waals surface area contributed by atoms with Gasteiger partial charge in [0, 0.05) is 31.1 Å². The summed E-state index contributed by atoms with van der Waals surface area (Å²) in [7, 11) is 0. The molecule has 8 heteroatoms. The lowest BCUT2D eigenvalue weighted by Gasteiger charge is -2.49. The van der Waals surface area contributed by atoms with Gasteiger partial charge in [-0.3, -0.25) is 24.6 Å². The molecule has 8 nitrogen and oxygen atoms in total. The van der Waals surface area contributed by atoms with Gasteiger partial charge in [-0.1, -0.05) is 12.1 Å². The highest BCUT2D eigenvalue weighted by Gasteiger charge is 2.47. The molecule has 1 atom stereocenters. The standard InChI is InChI=1S/C23H30N4O4/c24-17-10-23(31,11-17)16-5-7-26(8-6-16)12-14-1-2-15-13-27(22(30)18(15)9-14)19-3-4-20(28)25-21(19)29/h1-2,9,16-17,19,31H,3-8,10-13,24H2,(H,25,28,29). The number of hydrogen-bond acceptors (Lipinski definition) is 6. The quantitative estimate of drug-likeness (QED) is 0.605. The summed E-state index contributed by atoms with van der Waals surface area (Å²) in [4.78, 5) is 40.6. The van der Waals surface area contributed by atoms with E-state index in [1.54, 1.807) is 4.90 Å². The molecule has 0 spiro atoms. The first kappa shape index (κ1) is 20.6. The minimum absolute atomic E-state index is 0.131. The van der Waals surface area contributed by atoms with Gasteiger partial charge in [0.1, 0.15) is 6.04 Å². The van der Waals surface area contributed by atoms with Gasteiger partial charge in [0.2, 0.25) is 11.8 Å². The predicted octanol–water partition coefficient (Wildman–Crippen LogP) is 0.512. The van der Waals surface area contributed by atoms with Gasteiger partial charge in [0.15, 0.2) is 0 Å². The van der Waals surface area contributed by atoms with Gasteiger partial charge in [0.25, 0.3) is 5.91 Å². The summed E-state index contributed by atoms with van der Waals surface area (Å²) < 4.78 is 0. The highest BCUT2D eigenvalue weighted by Crippen LogP contribution is 2.42. The molecular formula is C23H30N4O4. The third kappa shape index (κ3) is 3.77. The van der Waals surface area contributed by atoms with Crippen molar-refractivity contribution < 1.29 is 19.5 Å². The van der Waals surface area contributed by atoms with Gasteiger partial charge in [-0.25, -0.2) is 0 Å². The van der Waals surface area contributed by atoms with E-state index < -0.39 is 11.6 Å². The van der Waals surface area contributed by atoms with Crippen LogP contribution < -0.4 is 11.1 Å². The van der Waals surface area contributed by atoms with E-state index >= 15 is 0 Å². The molecule has 5 rings (SSSR count). The third-order valence-electron chi connectivity index (χ3n) is 7.58. The fraction of sp³-hybridized carbons (Fsp3) is 0.609. The molecule has 1 aromatic rings. The van der Waals surface area contributed by atoms with Crippen molar-refractivity contribution in [1.82, 2.24) is 15.1 Å². The van der Waals surface area contributed by atoms with E-state index in [-0.39, 0.29) is 30.2 Å². The number of aliphatic hydroxyl groups is 1. The zero-order chi connectivity index (χ0) is 21.8. The first-order valence-corrected chi connectivity index (χ1v) is 11.3. The highest BCUT2D eigenvalue weighted by atomic mass is 16.3. The summed E-state index contributed by atoms with van der Waals surface area (Å²) in [6.45, 7) is 3.03. The molecule has 4 N–H and O–H groups in total. The summed E-state index contributed by atoms with van der Waals surface area (Å²) in [6.07, 6.45) is 4.01. The zero-order valence-corrected chi connectivity index (χ0v) is 17.7. The van der Waals surface area contributed by atoms with Gasteiger partial charge in [-0.15, -0.1) is 0 Å². The van der Waals surface area contributed by atoms with Crippen LogP contribution in [0, 0.1) is 5.92 Å². The Kier molecular flexibility index (Phi) is 5.11. The zero-order valence-electron chi connectivity index (χ0n) is 17.7. The first-order chi connectivity index (χ1) is 14.8. The highest BCUT2D eigenvalue weighted by molar-refractivity contribution is 6.05. The number of nitrogens with zero attached hydrogens (tertiary/aromatic N) is 2. The van der Waals surface area contributed by atoms with Crippen molar-refractivity contribution in [3.05, 3.63) is 34.9 Å². The van der Waals surface area contributed by atoms with Crippen LogP contribution in [0.1, 0.15) is 60.0 Å². The Morgan fingerprint density at radius 1 is 1.13 bits per heavy atom. The minimum Gasteiger partial charge on any atom is -0.389 e. The van der Waals surface area contributed by atoms with Crippen LogP contribution in [0.4, 0.5) is 0 Å². The number of piperidine rings is 2. The van der Waals surface area contributed by atoms with E-state index in [9.17, 15) is 19.5 Å². The van der Waals surface area contributed by atoms with Gasteiger partial charge in [-0.05, 0) is 68.3 Å². The van der Waals surface area contributed by atoms with Crippen LogP contribution in [0.3, 0.4) is 0 Å². The SMILES string of the molecule is NC1CC(O)(C2CCN(Cc3ccc4c(c3)C(=O)N(C3CCC(=O)NC3=O)C4)CC2)C1. The van der Waals surface area contributed by atoms with E-state index in [2.05, 4.69) is 16.3 Å². The second kappa shape index (κ2) is 7.69. The largest absolute Gasteiger partial charge is 0.389 e. The molecule has 3 heterocycles. The van der Waals surface area contributed by atoms with Crippen molar-refractivity contribution in [2.45, 2.75) is 69.3 Å². The second-order valence-corrected chi connectivity index (χ2v) is 9.71. The number of imide groups is 1. The van der Waals surface area contributed by atoms with Gasteiger partial charge in [0.05, 0.1) is 5.60 Å². The Bertz CT molecular complexity index is 918. The Morgan fingerprint density at radius 2 is 1.87 bits per heavy atom. The van der Waals surface area contributed by atoms with Crippen molar-refractivity contribution in [1.29, 1.82) is 0 Å². The lowest BCUT2D eigenvalue weighted by Crippen LogP contribution is -2.57. The number of nitrogens with two attached hydrogens (primary N) is 1. The van der Waals surface area contributed by atoms with Gasteiger partial charge in [-0.2, -0.15) is 0 Å². The molecule has 3 amide bonds. The molecule has 31 heavy (non-hydrogen) atoms. The van der Waals surface area contributed by atoms with Crippen molar-refractivity contribution in [2.75, 3.05) is 13.1 Å². The maximum Gasteiger partial charge on any atom is 0.255 e. The van der Waals surface area contributed by atoms with Crippen LogP contribution in [0.5, 0.6) is 0 Å². The maximum atomic E-state index is 13.0. The minimum atomic E-state index is -0.578. The predicted molar refractivity (Wildman–Crippen MR) is 113 cm³/mol. The van der Waals surface area contributed by atoms with Crippen LogP contribution in [0.15, 0.2) is 18.2 Å². The van der Waals surface area contributed by atoms with E-state index in [0.717, 1.165) is 43.6 Å². The number of rotatable bonds is 4. The summed E-state index contributed by atoms with van der Waals surface area (Å²) >= 11 is 0. The van der Waals surface area contributed by atoms with Crippen molar-refractivity contribution in [2.24, 2.45) is 11.7 Å². The van der Waals surface area contributed by atoms with Crippen LogP contribution in [-0.2, 0) is 22.7 Å². The number of likely N-dealkylation sites (tertiary alicyclic amines) is 1. The molecule has 2 saturated heterocycles. The monoisotopic (exact) mass is 426 g/mol. The number of amides is 3. The molecule has 4 aliphatic rings. The number of carbonyl (C=O) groups is 3. The van der Waals surface area contributed by atoms with Crippen molar-refractivity contribution in [3.8, 4) is 0 Å². The fourth-order valence-electron chi connectivity index (χ4n) is 5.77. The first-order valence-electron chi connectivity index (χ1n) is 11.3. The number of carbonyl (C=O) groups excluding carboxylic acids is 3. The maximum absolute atomic E-state index is 13.0. The topological polar surface area (TPSA) is 116 Å². The molecule has 3 fully saturated rings. The van der Waals surface area contributed by atoms with Crippen LogP contribution in [0.2, 0.25) is 0 Å². The van der Waals surface area contributed by atoms with E-state index in [4.69, 9.17) is 5.73 Å². The van der Waals surface area contributed by atoms with Crippen molar-refractivity contribution in [3.63, 3.8) is 0 Å². The average Bonchev–Trinajstić information content (AvgIpc) is 3.03. The molecule has 0 radical (unpaired) electrons. The number of fused-ring (bicyclic) bond motifs is 1. The van der Waals surface area contributed by atoms with Crippen molar-refractivity contribution >= 4 is 17.7 Å². The second-order valence-electron chi connectivity index (χ2n) is 9.71. The fourth-order valence-corrected chi connectivity index (χ4v) is 5.77. The molecule has 0 bridgehead atoms. The number of benzene rings is 1. The molecule has 3 aliphatic heterocycles. The smallest absolute Gasteiger partial charge is 0.255 e. The summed E-state index contributed by atoms with van der Waals surface area (Å²) in [6, 6.07) is 5.57. The number of nitrogens with one attached hydrogen (secondary N) is 1. The van der Waals surface area contributed by atoms with Crippen LogP contribution in [-0.4, -0.2) is 63.4 Å². The van der Waals surface area contributed by atoms with Gasteiger partial charge >= 0.3 is 0 Å². The summed E-state index contributed by atoms with van der Waals surface area (Å²) in [5, 5.41) is 13.0. The number of hydrogen-bond donors (Lipinski definition) is 3. The molecule has 0 aromatic heterocycles. The van der Waals surface area contributed by atoms with Gasteiger partial charge < -0.3 is 15.7 Å². The lowest BCUT2D eigenvalue weighted by molar-refractivity contribution is -0.136. The third-order valence-corrected chi connectivity index (χ3v) is 7.58. The molecule has 166 valence electrons. The summed E-state index contributed by atoms with van der Waals surface area (Å²) in [5.41, 5.74) is 7.99. The Labute approximate surface area is 181 Å². The lowest BCUT2D eigenvalue weighted by atomic mass is 9.65. The normalized spacial score (nSPS) is 32.1. The average molecular weight is 427 g/mol. The molecule has 1 aliphatic carbocycles. The van der Waals surface area contributed by atoms with Crippen LogP contribution >= 0.6 is 0 Å².